The molecule has 0 fully saturated rings. The normalized spacial score (nSPS) is 10.0. The van der Waals surface area contributed by atoms with Crippen LogP contribution in [0, 0.1) is 0 Å². The molecule has 0 aromatic heterocycles. The Labute approximate surface area is 136 Å². The van der Waals surface area contributed by atoms with Crippen LogP contribution >= 0.6 is 27.5 Å². The van der Waals surface area contributed by atoms with Crippen molar-refractivity contribution in [3.63, 3.8) is 0 Å². The van der Waals surface area contributed by atoms with Crippen molar-refractivity contribution in [2.45, 2.75) is 0 Å². The van der Waals surface area contributed by atoms with Gasteiger partial charge in [-0.15, -0.1) is 0 Å². The highest BCUT2D eigenvalue weighted by Gasteiger charge is 2.09. The first kappa shape index (κ1) is 15.7. The number of amides is 1. The molecule has 6 heteroatoms. The molecule has 2 aromatic rings. The molecule has 0 aliphatic carbocycles. The van der Waals surface area contributed by atoms with E-state index in [0.29, 0.717) is 22.2 Å². The van der Waals surface area contributed by atoms with Crippen molar-refractivity contribution < 1.29 is 14.3 Å². The predicted octanol–water partition coefficient (Wildman–Crippen LogP) is 4.13. The first-order valence-electron chi connectivity index (χ1n) is 6.10. The highest BCUT2D eigenvalue weighted by atomic mass is 79.9. The molecule has 2 aromatic carbocycles. The largest absolute Gasteiger partial charge is 0.495 e. The maximum Gasteiger partial charge on any atom is 0.262 e. The molecule has 0 unspecified atom stereocenters. The Kier molecular flexibility index (Phi) is 5.47. The highest BCUT2D eigenvalue weighted by molar-refractivity contribution is 9.10. The Bertz CT molecular complexity index is 631. The van der Waals surface area contributed by atoms with Crippen LogP contribution in [0.3, 0.4) is 0 Å². The number of anilines is 1. The van der Waals surface area contributed by atoms with Gasteiger partial charge in [0.15, 0.2) is 6.61 Å². The molecule has 1 amide bonds. The fourth-order valence-corrected chi connectivity index (χ4v) is 2.08. The third-order valence-electron chi connectivity index (χ3n) is 2.62. The smallest absolute Gasteiger partial charge is 0.262 e. The summed E-state index contributed by atoms with van der Waals surface area (Å²) in [5.41, 5.74) is 0.509. The summed E-state index contributed by atoms with van der Waals surface area (Å²) in [5.74, 6) is 0.862. The lowest BCUT2D eigenvalue weighted by molar-refractivity contribution is -0.118. The minimum Gasteiger partial charge on any atom is -0.495 e. The zero-order chi connectivity index (χ0) is 15.2. The molecular formula is C15H13BrClNO3. The lowest BCUT2D eigenvalue weighted by Crippen LogP contribution is -2.20. The molecule has 0 aliphatic heterocycles. The van der Waals surface area contributed by atoms with Crippen LogP contribution in [0.4, 0.5) is 5.69 Å². The zero-order valence-corrected chi connectivity index (χ0v) is 13.6. The highest BCUT2D eigenvalue weighted by Crippen LogP contribution is 2.27. The first-order valence-corrected chi connectivity index (χ1v) is 7.27. The van der Waals surface area contributed by atoms with Gasteiger partial charge in [0.1, 0.15) is 11.5 Å². The van der Waals surface area contributed by atoms with E-state index >= 15 is 0 Å². The van der Waals surface area contributed by atoms with Crippen molar-refractivity contribution in [3.05, 3.63) is 52.0 Å². The average molecular weight is 371 g/mol. The quantitative estimate of drug-likeness (QED) is 0.861. The van der Waals surface area contributed by atoms with Crippen molar-refractivity contribution >= 4 is 39.1 Å². The van der Waals surface area contributed by atoms with E-state index in [1.165, 1.54) is 7.11 Å². The summed E-state index contributed by atoms with van der Waals surface area (Å²) in [5, 5.41) is 3.22. The Morgan fingerprint density at radius 3 is 2.62 bits per heavy atom. The Morgan fingerprint density at radius 2 is 1.95 bits per heavy atom. The zero-order valence-electron chi connectivity index (χ0n) is 11.2. The van der Waals surface area contributed by atoms with Gasteiger partial charge < -0.3 is 14.8 Å². The number of methoxy groups -OCH3 is 1. The summed E-state index contributed by atoms with van der Waals surface area (Å²) < 4.78 is 11.5. The van der Waals surface area contributed by atoms with E-state index in [1.54, 1.807) is 30.3 Å². The molecule has 0 saturated carbocycles. The summed E-state index contributed by atoms with van der Waals surface area (Å²) >= 11 is 9.23. The monoisotopic (exact) mass is 369 g/mol. The molecule has 0 radical (unpaired) electrons. The maximum atomic E-state index is 11.9. The van der Waals surface area contributed by atoms with Gasteiger partial charge in [0.2, 0.25) is 0 Å². The predicted molar refractivity (Wildman–Crippen MR) is 86.3 cm³/mol. The van der Waals surface area contributed by atoms with Gasteiger partial charge in [0.25, 0.3) is 5.91 Å². The molecule has 110 valence electrons. The van der Waals surface area contributed by atoms with E-state index < -0.39 is 0 Å². The van der Waals surface area contributed by atoms with Gasteiger partial charge >= 0.3 is 0 Å². The topological polar surface area (TPSA) is 47.6 Å². The molecule has 0 spiro atoms. The van der Waals surface area contributed by atoms with E-state index in [0.717, 1.165) is 4.47 Å². The standard InChI is InChI=1S/C15H13BrClNO3/c1-20-14-7-4-11(17)8-13(14)18-15(19)9-21-12-5-2-10(16)3-6-12/h2-8H,9H2,1H3,(H,18,19). The van der Waals surface area contributed by atoms with Crippen molar-refractivity contribution in [1.82, 2.24) is 0 Å². The third kappa shape index (κ3) is 4.65. The van der Waals surface area contributed by atoms with Crippen LogP contribution in [0.15, 0.2) is 46.9 Å². The SMILES string of the molecule is COc1ccc(Cl)cc1NC(=O)COc1ccc(Br)cc1. The Hall–Kier alpha value is -1.72. The number of hydrogen-bond donors (Lipinski definition) is 1. The molecule has 0 bridgehead atoms. The van der Waals surface area contributed by atoms with Crippen molar-refractivity contribution in [2.75, 3.05) is 19.0 Å². The van der Waals surface area contributed by atoms with Crippen molar-refractivity contribution in [2.24, 2.45) is 0 Å². The second-order valence-electron chi connectivity index (χ2n) is 4.14. The minimum atomic E-state index is -0.293. The molecule has 0 heterocycles. The number of halogens is 2. The summed E-state index contributed by atoms with van der Waals surface area (Å²) in [4.78, 5) is 11.9. The van der Waals surface area contributed by atoms with Gasteiger partial charge in [-0.3, -0.25) is 4.79 Å². The molecular weight excluding hydrogens is 358 g/mol. The van der Waals surface area contributed by atoms with Crippen LogP contribution in [0.2, 0.25) is 5.02 Å². The Morgan fingerprint density at radius 1 is 1.24 bits per heavy atom. The summed E-state index contributed by atoms with van der Waals surface area (Å²) in [6.45, 7) is -0.0999. The number of nitrogens with one attached hydrogen (secondary N) is 1. The van der Waals surface area contributed by atoms with Gasteiger partial charge in [-0.25, -0.2) is 0 Å². The van der Waals surface area contributed by atoms with Gasteiger partial charge in [-0.05, 0) is 42.5 Å². The first-order chi connectivity index (χ1) is 10.1. The van der Waals surface area contributed by atoms with Gasteiger partial charge in [0, 0.05) is 9.50 Å². The average Bonchev–Trinajstić information content (AvgIpc) is 2.47. The second-order valence-corrected chi connectivity index (χ2v) is 5.49. The van der Waals surface area contributed by atoms with Gasteiger partial charge in [0.05, 0.1) is 12.8 Å². The van der Waals surface area contributed by atoms with Crippen LogP contribution < -0.4 is 14.8 Å². The number of hydrogen-bond acceptors (Lipinski definition) is 3. The maximum absolute atomic E-state index is 11.9. The fraction of sp³-hybridized carbons (Fsp3) is 0.133. The summed E-state index contributed by atoms with van der Waals surface area (Å²) in [6.07, 6.45) is 0. The van der Waals surface area contributed by atoms with Gasteiger partial charge in [-0.1, -0.05) is 27.5 Å². The number of carbonyl (C=O) groups is 1. The molecule has 1 N–H and O–H groups in total. The molecule has 0 atom stereocenters. The lowest BCUT2D eigenvalue weighted by Gasteiger charge is -2.11. The molecule has 2 rings (SSSR count). The molecule has 0 aliphatic rings. The van der Waals surface area contributed by atoms with Crippen LogP contribution in [-0.2, 0) is 4.79 Å². The van der Waals surface area contributed by atoms with Crippen LogP contribution in [-0.4, -0.2) is 19.6 Å². The Balaban J connectivity index is 1.95. The fourth-order valence-electron chi connectivity index (χ4n) is 1.64. The van der Waals surface area contributed by atoms with E-state index in [9.17, 15) is 4.79 Å². The second kappa shape index (κ2) is 7.33. The third-order valence-corrected chi connectivity index (χ3v) is 3.38. The minimum absolute atomic E-state index is 0.0999. The van der Waals surface area contributed by atoms with E-state index in [-0.39, 0.29) is 12.5 Å². The lowest BCUT2D eigenvalue weighted by atomic mass is 10.3. The molecule has 21 heavy (non-hydrogen) atoms. The molecule has 4 nitrogen and oxygen atoms in total. The number of ether oxygens (including phenoxy) is 2. The van der Waals surface area contributed by atoms with Crippen molar-refractivity contribution in [1.29, 1.82) is 0 Å². The number of rotatable bonds is 5. The van der Waals surface area contributed by atoms with Crippen LogP contribution in [0.1, 0.15) is 0 Å². The van der Waals surface area contributed by atoms with Crippen LogP contribution in [0.25, 0.3) is 0 Å². The van der Waals surface area contributed by atoms with E-state index in [1.807, 2.05) is 12.1 Å². The summed E-state index contributed by atoms with van der Waals surface area (Å²) in [7, 11) is 1.53. The number of carbonyl (C=O) groups excluding carboxylic acids is 1. The van der Waals surface area contributed by atoms with E-state index in [4.69, 9.17) is 21.1 Å². The van der Waals surface area contributed by atoms with E-state index in [2.05, 4.69) is 21.2 Å². The van der Waals surface area contributed by atoms with Crippen molar-refractivity contribution in [3.8, 4) is 11.5 Å². The molecule has 0 saturated heterocycles. The number of benzene rings is 2. The van der Waals surface area contributed by atoms with Gasteiger partial charge in [-0.2, -0.15) is 0 Å². The summed E-state index contributed by atoms with van der Waals surface area (Å²) in [6, 6.07) is 12.2. The van der Waals surface area contributed by atoms with Crippen LogP contribution in [0.5, 0.6) is 11.5 Å².